The number of unbranched alkanes of at least 4 members (excludes halogenated alkanes) is 1. The first-order valence-corrected chi connectivity index (χ1v) is 7.50. The van der Waals surface area contributed by atoms with Crippen LogP contribution in [0, 0.1) is 17.8 Å². The number of alkyl halides is 1. The minimum atomic E-state index is -0.154. The first-order chi connectivity index (χ1) is 9.10. The van der Waals surface area contributed by atoms with Gasteiger partial charge in [0.1, 0.15) is 0 Å². The van der Waals surface area contributed by atoms with Gasteiger partial charge in [-0.3, -0.25) is 4.79 Å². The van der Waals surface area contributed by atoms with Gasteiger partial charge in [-0.25, -0.2) is 0 Å². The van der Waals surface area contributed by atoms with E-state index in [1.165, 1.54) is 7.11 Å². The first-order valence-electron chi connectivity index (χ1n) is 7.06. The van der Waals surface area contributed by atoms with Crippen molar-refractivity contribution in [3.05, 3.63) is 12.2 Å². The van der Waals surface area contributed by atoms with Gasteiger partial charge in [0.05, 0.1) is 7.11 Å². The predicted octanol–water partition coefficient (Wildman–Crippen LogP) is 3.15. The number of aliphatic hydroxyl groups excluding tert-OH is 1. The van der Waals surface area contributed by atoms with E-state index in [1.807, 2.05) is 0 Å². The summed E-state index contributed by atoms with van der Waals surface area (Å²) in [6.07, 6.45) is 8.32. The molecule has 4 heteroatoms. The molecule has 0 aromatic rings. The number of ether oxygens (including phenoxy) is 1. The van der Waals surface area contributed by atoms with Crippen LogP contribution in [-0.4, -0.2) is 30.2 Å². The molecule has 3 nitrogen and oxygen atoms in total. The highest BCUT2D eigenvalue weighted by atomic mass is 35.5. The fourth-order valence-corrected chi connectivity index (χ4v) is 3.44. The number of carbonyl (C=O) groups is 1. The summed E-state index contributed by atoms with van der Waals surface area (Å²) in [7, 11) is 1.41. The summed E-state index contributed by atoms with van der Waals surface area (Å²) in [5.74, 6) is 1.05. The number of esters is 1. The van der Waals surface area contributed by atoms with E-state index in [2.05, 4.69) is 23.8 Å². The number of hydrogen-bond donors (Lipinski definition) is 1. The number of methoxy groups -OCH3 is 1. The highest BCUT2D eigenvalue weighted by molar-refractivity contribution is 6.21. The van der Waals surface area contributed by atoms with Crippen LogP contribution in [0.3, 0.4) is 0 Å². The minimum absolute atomic E-state index is 0.154. The Hall–Kier alpha value is -0.540. The van der Waals surface area contributed by atoms with E-state index in [4.69, 9.17) is 11.6 Å². The molecule has 0 aromatic carbocycles. The lowest BCUT2D eigenvalue weighted by Crippen LogP contribution is -2.20. The summed E-state index contributed by atoms with van der Waals surface area (Å²) in [6, 6.07) is 0. The van der Waals surface area contributed by atoms with Gasteiger partial charge < -0.3 is 9.84 Å². The molecule has 1 saturated carbocycles. The van der Waals surface area contributed by atoms with Crippen molar-refractivity contribution in [1.82, 2.24) is 0 Å². The fraction of sp³-hybridized carbons (Fsp3) is 0.800. The van der Waals surface area contributed by atoms with Gasteiger partial charge in [-0.2, -0.15) is 0 Å². The summed E-state index contributed by atoms with van der Waals surface area (Å²) in [5.41, 5.74) is 0. The Morgan fingerprint density at radius 2 is 2.16 bits per heavy atom. The minimum Gasteiger partial charge on any atom is -0.469 e. The van der Waals surface area contributed by atoms with Gasteiger partial charge in [0.2, 0.25) is 0 Å². The fourth-order valence-electron chi connectivity index (χ4n) is 2.87. The van der Waals surface area contributed by atoms with Crippen molar-refractivity contribution < 1.29 is 14.6 Å². The molecule has 1 aliphatic rings. The third kappa shape index (κ3) is 5.15. The average molecular weight is 289 g/mol. The molecule has 19 heavy (non-hydrogen) atoms. The SMILES string of the molecule is COC(=O)CCC/C=C\C[C@@H]1[C@@H](CO)[C@H](C)C[C@H]1Cl. The zero-order valence-electron chi connectivity index (χ0n) is 11.8. The third-order valence-electron chi connectivity index (χ3n) is 4.11. The first kappa shape index (κ1) is 16.5. The molecule has 0 saturated heterocycles. The maximum absolute atomic E-state index is 10.9. The molecule has 0 bridgehead atoms. The Labute approximate surface area is 121 Å². The molecule has 1 rings (SSSR count). The van der Waals surface area contributed by atoms with Crippen LogP contribution in [0.4, 0.5) is 0 Å². The van der Waals surface area contributed by atoms with Gasteiger partial charge in [0.25, 0.3) is 0 Å². The Bertz CT molecular complexity index is 304. The monoisotopic (exact) mass is 288 g/mol. The summed E-state index contributed by atoms with van der Waals surface area (Å²) < 4.78 is 4.58. The van der Waals surface area contributed by atoms with Crippen LogP contribution in [-0.2, 0) is 9.53 Å². The molecule has 0 aromatic heterocycles. The van der Waals surface area contributed by atoms with Crippen LogP contribution in [0.25, 0.3) is 0 Å². The molecule has 1 N–H and O–H groups in total. The highest BCUT2D eigenvalue weighted by Gasteiger charge is 2.38. The summed E-state index contributed by atoms with van der Waals surface area (Å²) >= 11 is 6.34. The third-order valence-corrected chi connectivity index (χ3v) is 4.61. The molecule has 0 radical (unpaired) electrons. The number of allylic oxidation sites excluding steroid dienone is 2. The Morgan fingerprint density at radius 1 is 1.42 bits per heavy atom. The maximum Gasteiger partial charge on any atom is 0.305 e. The molecule has 0 amide bonds. The highest BCUT2D eigenvalue weighted by Crippen LogP contribution is 2.41. The Kier molecular flexibility index (Phi) is 7.47. The predicted molar refractivity (Wildman–Crippen MR) is 77.1 cm³/mol. The molecule has 1 aliphatic carbocycles. The lowest BCUT2D eigenvalue weighted by Gasteiger charge is -2.20. The van der Waals surface area contributed by atoms with E-state index >= 15 is 0 Å². The van der Waals surface area contributed by atoms with Gasteiger partial charge in [-0.15, -0.1) is 11.6 Å². The van der Waals surface area contributed by atoms with Crippen molar-refractivity contribution in [2.24, 2.45) is 17.8 Å². The zero-order valence-corrected chi connectivity index (χ0v) is 12.6. The Balaban J connectivity index is 2.25. The lowest BCUT2D eigenvalue weighted by molar-refractivity contribution is -0.140. The van der Waals surface area contributed by atoms with Gasteiger partial charge in [0, 0.05) is 18.4 Å². The van der Waals surface area contributed by atoms with Crippen molar-refractivity contribution in [2.75, 3.05) is 13.7 Å². The van der Waals surface area contributed by atoms with E-state index < -0.39 is 0 Å². The molecule has 0 spiro atoms. The molecule has 110 valence electrons. The number of rotatable bonds is 7. The van der Waals surface area contributed by atoms with Crippen LogP contribution in [0.2, 0.25) is 0 Å². The molecular weight excluding hydrogens is 264 g/mol. The smallest absolute Gasteiger partial charge is 0.305 e. The molecular formula is C15H25ClO3. The second kappa shape index (κ2) is 8.60. The molecule has 0 unspecified atom stereocenters. The van der Waals surface area contributed by atoms with Gasteiger partial charge in [0.15, 0.2) is 0 Å². The quantitative estimate of drug-likeness (QED) is 0.339. The van der Waals surface area contributed by atoms with Gasteiger partial charge in [-0.05, 0) is 43.4 Å². The van der Waals surface area contributed by atoms with E-state index in [-0.39, 0.29) is 18.0 Å². The van der Waals surface area contributed by atoms with Crippen LogP contribution in [0.5, 0.6) is 0 Å². The number of halogens is 1. The summed E-state index contributed by atoms with van der Waals surface area (Å²) in [5, 5.41) is 9.59. The normalized spacial score (nSPS) is 30.9. The van der Waals surface area contributed by atoms with Crippen LogP contribution >= 0.6 is 11.6 Å². The maximum atomic E-state index is 10.9. The Morgan fingerprint density at radius 3 is 2.79 bits per heavy atom. The summed E-state index contributed by atoms with van der Waals surface area (Å²) in [4.78, 5) is 10.9. The van der Waals surface area contributed by atoms with Crippen LogP contribution in [0.1, 0.15) is 39.0 Å². The molecule has 4 atom stereocenters. The zero-order chi connectivity index (χ0) is 14.3. The second-order valence-electron chi connectivity index (χ2n) is 5.41. The average Bonchev–Trinajstić information content (AvgIpc) is 2.67. The molecule has 0 aliphatic heterocycles. The standard InChI is InChI=1S/C15H25ClO3/c1-11-9-14(16)12(13(11)10-17)7-5-3-4-6-8-15(18)19-2/h3,5,11-14,17H,4,6-10H2,1-2H3/b5-3-/t11-,12-,13+,14-/m1/s1. The van der Waals surface area contributed by atoms with E-state index in [9.17, 15) is 9.90 Å². The van der Waals surface area contributed by atoms with Crippen LogP contribution < -0.4 is 0 Å². The lowest BCUT2D eigenvalue weighted by atomic mass is 9.89. The van der Waals surface area contributed by atoms with Gasteiger partial charge >= 0.3 is 5.97 Å². The topological polar surface area (TPSA) is 46.5 Å². The van der Waals surface area contributed by atoms with Crippen LogP contribution in [0.15, 0.2) is 12.2 Å². The van der Waals surface area contributed by atoms with Crippen molar-refractivity contribution in [3.8, 4) is 0 Å². The number of carbonyl (C=O) groups excluding carboxylic acids is 1. The van der Waals surface area contributed by atoms with Crippen molar-refractivity contribution in [1.29, 1.82) is 0 Å². The largest absolute Gasteiger partial charge is 0.469 e. The van der Waals surface area contributed by atoms with E-state index in [0.29, 0.717) is 24.2 Å². The molecule has 1 fully saturated rings. The van der Waals surface area contributed by atoms with E-state index in [0.717, 1.165) is 25.7 Å². The number of aliphatic hydroxyl groups is 1. The van der Waals surface area contributed by atoms with Gasteiger partial charge in [-0.1, -0.05) is 19.1 Å². The molecule has 0 heterocycles. The van der Waals surface area contributed by atoms with Crippen molar-refractivity contribution in [2.45, 2.75) is 44.4 Å². The second-order valence-corrected chi connectivity index (χ2v) is 5.98. The number of hydrogen-bond acceptors (Lipinski definition) is 3. The van der Waals surface area contributed by atoms with Crippen molar-refractivity contribution >= 4 is 17.6 Å². The summed E-state index contributed by atoms with van der Waals surface area (Å²) in [6.45, 7) is 2.39. The van der Waals surface area contributed by atoms with Crippen molar-refractivity contribution in [3.63, 3.8) is 0 Å². The van der Waals surface area contributed by atoms with E-state index in [1.54, 1.807) is 0 Å².